The Morgan fingerprint density at radius 1 is 1.39 bits per heavy atom. The number of nitrogens with zero attached hydrogens (tertiary/aromatic N) is 3. The third-order valence-electron chi connectivity index (χ3n) is 3.92. The van der Waals surface area contributed by atoms with Crippen molar-refractivity contribution >= 4 is 0 Å². The van der Waals surface area contributed by atoms with E-state index in [2.05, 4.69) is 34.9 Å². The maximum absolute atomic E-state index is 5.94. The van der Waals surface area contributed by atoms with Gasteiger partial charge in [-0.05, 0) is 39.1 Å². The van der Waals surface area contributed by atoms with Crippen LogP contribution in [-0.2, 0) is 0 Å². The number of nitrogens with two attached hydrogens (primary N) is 1. The summed E-state index contributed by atoms with van der Waals surface area (Å²) >= 11 is 0. The van der Waals surface area contributed by atoms with Crippen LogP contribution in [0.3, 0.4) is 0 Å². The zero-order chi connectivity index (χ0) is 13.0. The average molecular weight is 248 g/mol. The molecule has 2 rings (SSSR count). The first-order valence-corrected chi connectivity index (χ1v) is 6.74. The molecule has 0 aliphatic carbocycles. The second-order valence-corrected chi connectivity index (χ2v) is 5.24. The van der Waals surface area contributed by atoms with Gasteiger partial charge in [-0.25, -0.2) is 0 Å². The minimum atomic E-state index is 0.273. The van der Waals surface area contributed by atoms with Crippen LogP contribution in [0.2, 0.25) is 0 Å². The summed E-state index contributed by atoms with van der Waals surface area (Å²) in [6.07, 6.45) is 4.29. The molecule has 1 unspecified atom stereocenters. The Morgan fingerprint density at radius 2 is 2.11 bits per heavy atom. The van der Waals surface area contributed by atoms with E-state index in [-0.39, 0.29) is 6.04 Å². The van der Waals surface area contributed by atoms with E-state index in [9.17, 15) is 0 Å². The van der Waals surface area contributed by atoms with Crippen LogP contribution in [0.1, 0.15) is 24.6 Å². The molecule has 1 aliphatic rings. The quantitative estimate of drug-likeness (QED) is 0.867. The van der Waals surface area contributed by atoms with Crippen LogP contribution < -0.4 is 5.73 Å². The highest BCUT2D eigenvalue weighted by Crippen LogP contribution is 2.23. The molecule has 2 heterocycles. The predicted molar refractivity (Wildman–Crippen MR) is 74.3 cm³/mol. The second kappa shape index (κ2) is 6.27. The lowest BCUT2D eigenvalue weighted by Gasteiger charge is -2.38. The van der Waals surface area contributed by atoms with Gasteiger partial charge in [0.1, 0.15) is 0 Å². The van der Waals surface area contributed by atoms with E-state index < -0.39 is 0 Å². The number of likely N-dealkylation sites (tertiary alicyclic amines) is 1. The van der Waals surface area contributed by atoms with Gasteiger partial charge in [-0.1, -0.05) is 6.07 Å². The van der Waals surface area contributed by atoms with Crippen molar-refractivity contribution in [1.82, 2.24) is 14.8 Å². The van der Waals surface area contributed by atoms with Gasteiger partial charge in [0.2, 0.25) is 0 Å². The Labute approximate surface area is 110 Å². The first-order valence-electron chi connectivity index (χ1n) is 6.74. The third kappa shape index (κ3) is 3.07. The van der Waals surface area contributed by atoms with E-state index in [1.807, 2.05) is 18.3 Å². The van der Waals surface area contributed by atoms with Crippen molar-refractivity contribution in [2.24, 2.45) is 5.73 Å². The van der Waals surface area contributed by atoms with Gasteiger partial charge < -0.3 is 10.6 Å². The summed E-state index contributed by atoms with van der Waals surface area (Å²) in [6.45, 7) is 2.87. The summed E-state index contributed by atoms with van der Waals surface area (Å²) < 4.78 is 0. The molecular weight excluding hydrogens is 224 g/mol. The minimum Gasteiger partial charge on any atom is -0.329 e. The van der Waals surface area contributed by atoms with Crippen LogP contribution >= 0.6 is 0 Å². The molecule has 1 atom stereocenters. The topological polar surface area (TPSA) is 45.4 Å². The Morgan fingerprint density at radius 3 is 2.61 bits per heavy atom. The van der Waals surface area contributed by atoms with Crippen LogP contribution in [0.5, 0.6) is 0 Å². The van der Waals surface area contributed by atoms with Crippen LogP contribution in [0.25, 0.3) is 0 Å². The molecule has 2 N–H and O–H groups in total. The highest BCUT2D eigenvalue weighted by atomic mass is 15.2. The van der Waals surface area contributed by atoms with Crippen LogP contribution in [0.15, 0.2) is 24.4 Å². The van der Waals surface area contributed by atoms with Crippen molar-refractivity contribution in [3.05, 3.63) is 30.1 Å². The third-order valence-corrected chi connectivity index (χ3v) is 3.92. The normalized spacial score (nSPS) is 20.2. The molecular formula is C14H24N4. The molecule has 1 aliphatic heterocycles. The largest absolute Gasteiger partial charge is 0.329 e. The molecule has 0 saturated carbocycles. The standard InChI is InChI=1S/C14H24N4/c1-17(2)12-6-9-18(10-7-12)14(11-15)13-5-3-4-8-16-13/h3-5,8,12,14H,6-7,9-11,15H2,1-2H3. The molecule has 100 valence electrons. The van der Waals surface area contributed by atoms with E-state index in [4.69, 9.17) is 5.73 Å². The van der Waals surface area contributed by atoms with Gasteiger partial charge in [-0.15, -0.1) is 0 Å². The van der Waals surface area contributed by atoms with Gasteiger partial charge in [0.15, 0.2) is 0 Å². The van der Waals surface area contributed by atoms with Crippen LogP contribution in [0, 0.1) is 0 Å². The Hall–Kier alpha value is -0.970. The summed E-state index contributed by atoms with van der Waals surface area (Å²) in [6, 6.07) is 7.06. The van der Waals surface area contributed by atoms with Gasteiger partial charge in [0.05, 0.1) is 11.7 Å². The second-order valence-electron chi connectivity index (χ2n) is 5.24. The van der Waals surface area contributed by atoms with Crippen molar-refractivity contribution < 1.29 is 0 Å². The molecule has 0 aromatic carbocycles. The van der Waals surface area contributed by atoms with E-state index in [0.717, 1.165) is 18.8 Å². The summed E-state index contributed by atoms with van der Waals surface area (Å²) in [4.78, 5) is 9.25. The zero-order valence-corrected chi connectivity index (χ0v) is 11.4. The fourth-order valence-electron chi connectivity index (χ4n) is 2.74. The molecule has 1 aromatic rings. The number of piperidine rings is 1. The Balaban J connectivity index is 1.99. The summed E-state index contributed by atoms with van der Waals surface area (Å²) in [5.74, 6) is 0. The van der Waals surface area contributed by atoms with E-state index in [1.165, 1.54) is 12.8 Å². The molecule has 1 fully saturated rings. The number of hydrogen-bond acceptors (Lipinski definition) is 4. The molecule has 0 amide bonds. The van der Waals surface area contributed by atoms with Crippen molar-refractivity contribution in [2.45, 2.75) is 24.9 Å². The van der Waals surface area contributed by atoms with Crippen molar-refractivity contribution in [3.8, 4) is 0 Å². The number of aromatic nitrogens is 1. The van der Waals surface area contributed by atoms with E-state index in [1.54, 1.807) is 0 Å². The van der Waals surface area contributed by atoms with E-state index >= 15 is 0 Å². The first kappa shape index (κ1) is 13.5. The molecule has 0 bridgehead atoms. The highest BCUT2D eigenvalue weighted by molar-refractivity contribution is 5.09. The average Bonchev–Trinajstić information content (AvgIpc) is 2.41. The zero-order valence-electron chi connectivity index (χ0n) is 11.4. The fourth-order valence-corrected chi connectivity index (χ4v) is 2.74. The summed E-state index contributed by atoms with van der Waals surface area (Å²) in [5, 5.41) is 0. The Kier molecular flexibility index (Phi) is 4.69. The summed E-state index contributed by atoms with van der Waals surface area (Å²) in [7, 11) is 4.33. The number of rotatable bonds is 4. The Bertz CT molecular complexity index is 344. The first-order chi connectivity index (χ1) is 8.72. The van der Waals surface area contributed by atoms with Crippen molar-refractivity contribution in [3.63, 3.8) is 0 Å². The summed E-state index contributed by atoms with van der Waals surface area (Å²) in [5.41, 5.74) is 7.04. The molecule has 0 spiro atoms. The maximum atomic E-state index is 5.94. The van der Waals surface area contributed by atoms with Gasteiger partial charge in [0, 0.05) is 31.9 Å². The van der Waals surface area contributed by atoms with Gasteiger partial charge >= 0.3 is 0 Å². The number of hydrogen-bond donors (Lipinski definition) is 1. The highest BCUT2D eigenvalue weighted by Gasteiger charge is 2.26. The minimum absolute atomic E-state index is 0.273. The lowest BCUT2D eigenvalue weighted by atomic mass is 10.0. The lowest BCUT2D eigenvalue weighted by Crippen LogP contribution is -2.45. The smallest absolute Gasteiger partial charge is 0.0644 e. The van der Waals surface area contributed by atoms with Gasteiger partial charge in [-0.3, -0.25) is 9.88 Å². The van der Waals surface area contributed by atoms with Gasteiger partial charge in [0.25, 0.3) is 0 Å². The molecule has 1 aromatic heterocycles. The van der Waals surface area contributed by atoms with Crippen molar-refractivity contribution in [2.75, 3.05) is 33.7 Å². The SMILES string of the molecule is CN(C)C1CCN(C(CN)c2ccccn2)CC1. The fraction of sp³-hybridized carbons (Fsp3) is 0.643. The maximum Gasteiger partial charge on any atom is 0.0644 e. The van der Waals surface area contributed by atoms with Crippen LogP contribution in [-0.4, -0.2) is 54.6 Å². The number of pyridine rings is 1. The monoisotopic (exact) mass is 248 g/mol. The van der Waals surface area contributed by atoms with Crippen LogP contribution in [0.4, 0.5) is 0 Å². The molecule has 4 heteroatoms. The van der Waals surface area contributed by atoms with Crippen molar-refractivity contribution in [1.29, 1.82) is 0 Å². The molecule has 4 nitrogen and oxygen atoms in total. The van der Waals surface area contributed by atoms with E-state index in [0.29, 0.717) is 12.6 Å². The molecule has 18 heavy (non-hydrogen) atoms. The predicted octanol–water partition coefficient (Wildman–Crippen LogP) is 1.11. The molecule has 0 radical (unpaired) electrons. The lowest BCUT2D eigenvalue weighted by molar-refractivity contribution is 0.109. The molecule has 1 saturated heterocycles. The van der Waals surface area contributed by atoms with Gasteiger partial charge in [-0.2, -0.15) is 0 Å².